The van der Waals surface area contributed by atoms with Gasteiger partial charge < -0.3 is 18.9 Å². The maximum absolute atomic E-state index is 12.3. The molecule has 0 atom stereocenters. The van der Waals surface area contributed by atoms with Crippen LogP contribution in [0.3, 0.4) is 0 Å². The molecule has 4 rings (SSSR count). The molecule has 3 aromatic rings. The molecule has 0 aliphatic carbocycles. The molecule has 0 unspecified atom stereocenters. The molecule has 1 aliphatic rings. The summed E-state index contributed by atoms with van der Waals surface area (Å²) in [6.45, 7) is -0.200. The van der Waals surface area contributed by atoms with Gasteiger partial charge in [0, 0.05) is 11.4 Å². The summed E-state index contributed by atoms with van der Waals surface area (Å²) in [6, 6.07) is 27.1. The van der Waals surface area contributed by atoms with Gasteiger partial charge in [-0.05, 0) is 36.4 Å². The lowest BCUT2D eigenvalue weighted by Gasteiger charge is -2.23. The quantitative estimate of drug-likeness (QED) is 0.463. The fourth-order valence-electron chi connectivity index (χ4n) is 3.22. The van der Waals surface area contributed by atoms with Crippen LogP contribution in [0.4, 0.5) is 21.0 Å². The van der Waals surface area contributed by atoms with E-state index in [1.807, 2.05) is 42.5 Å². The predicted molar refractivity (Wildman–Crippen MR) is 131 cm³/mol. The van der Waals surface area contributed by atoms with E-state index in [2.05, 4.69) is 15.6 Å². The van der Waals surface area contributed by atoms with Gasteiger partial charge in [-0.2, -0.15) is 0 Å². The molecule has 3 aromatic carbocycles. The molecule has 2 amide bonds. The van der Waals surface area contributed by atoms with Crippen LogP contribution in [0.15, 0.2) is 96.0 Å². The van der Waals surface area contributed by atoms with Crippen molar-refractivity contribution < 1.29 is 28.5 Å². The van der Waals surface area contributed by atoms with E-state index in [9.17, 15) is 9.59 Å². The van der Waals surface area contributed by atoms with Crippen LogP contribution in [0.2, 0.25) is 0 Å². The summed E-state index contributed by atoms with van der Waals surface area (Å²) < 4.78 is 22.2. The SMILES string of the molecule is O=C(Nc1ccccc1)OCC1(COC(=O)Nc2ccccc2)COC(COc2ccccc2)=N1. The minimum Gasteiger partial charge on any atom is -0.484 e. The smallest absolute Gasteiger partial charge is 0.411 e. The van der Waals surface area contributed by atoms with E-state index in [-0.39, 0.29) is 26.4 Å². The number of carbonyl (C=O) groups excluding carboxylic acids is 2. The molecule has 0 radical (unpaired) electrons. The lowest BCUT2D eigenvalue weighted by atomic mass is 10.1. The van der Waals surface area contributed by atoms with Crippen molar-refractivity contribution in [1.82, 2.24) is 0 Å². The van der Waals surface area contributed by atoms with Crippen LogP contribution in [0.5, 0.6) is 5.75 Å². The summed E-state index contributed by atoms with van der Waals surface area (Å²) in [5.74, 6) is 0.973. The summed E-state index contributed by atoms with van der Waals surface area (Å²) in [7, 11) is 0. The number of nitrogens with one attached hydrogen (secondary N) is 2. The summed E-state index contributed by atoms with van der Waals surface area (Å²) in [4.78, 5) is 29.2. The molecular weight excluding hydrogens is 450 g/mol. The number of carbonyl (C=O) groups is 2. The van der Waals surface area contributed by atoms with Gasteiger partial charge in [0.15, 0.2) is 12.1 Å². The first kappa shape index (κ1) is 23.6. The molecule has 0 fully saturated rings. The molecule has 0 aromatic heterocycles. The third-order valence-corrected chi connectivity index (χ3v) is 4.96. The molecule has 35 heavy (non-hydrogen) atoms. The van der Waals surface area contributed by atoms with Crippen molar-refractivity contribution in [3.8, 4) is 5.75 Å². The largest absolute Gasteiger partial charge is 0.484 e. The Morgan fingerprint density at radius 2 is 1.26 bits per heavy atom. The van der Waals surface area contributed by atoms with Gasteiger partial charge in [-0.15, -0.1) is 0 Å². The van der Waals surface area contributed by atoms with E-state index in [4.69, 9.17) is 18.9 Å². The first-order valence-corrected chi connectivity index (χ1v) is 11.0. The highest BCUT2D eigenvalue weighted by atomic mass is 16.6. The molecule has 0 saturated heterocycles. The van der Waals surface area contributed by atoms with Crippen LogP contribution in [0.1, 0.15) is 0 Å². The van der Waals surface area contributed by atoms with Crippen molar-refractivity contribution in [2.45, 2.75) is 5.54 Å². The number of benzene rings is 3. The Kier molecular flexibility index (Phi) is 7.80. The molecule has 2 N–H and O–H groups in total. The number of anilines is 2. The van der Waals surface area contributed by atoms with E-state index >= 15 is 0 Å². The minimum atomic E-state index is -1.11. The van der Waals surface area contributed by atoms with Crippen LogP contribution in [-0.4, -0.2) is 50.1 Å². The zero-order chi connectivity index (χ0) is 24.3. The predicted octanol–water partition coefficient (Wildman–Crippen LogP) is 4.73. The second-order valence-corrected chi connectivity index (χ2v) is 7.75. The van der Waals surface area contributed by atoms with Crippen LogP contribution >= 0.6 is 0 Å². The van der Waals surface area contributed by atoms with Crippen molar-refractivity contribution in [3.63, 3.8) is 0 Å². The second-order valence-electron chi connectivity index (χ2n) is 7.75. The number of hydrogen-bond acceptors (Lipinski definition) is 7. The molecule has 180 valence electrons. The third-order valence-electron chi connectivity index (χ3n) is 4.96. The molecule has 0 spiro atoms. The summed E-state index contributed by atoms with van der Waals surface area (Å²) in [5.41, 5.74) is 0.0681. The van der Waals surface area contributed by atoms with Gasteiger partial charge in [0.25, 0.3) is 0 Å². The topological polar surface area (TPSA) is 107 Å². The van der Waals surface area contributed by atoms with Crippen LogP contribution in [0.25, 0.3) is 0 Å². The Hall–Kier alpha value is -4.53. The number of hydrogen-bond donors (Lipinski definition) is 2. The Morgan fingerprint density at radius 1 is 0.771 bits per heavy atom. The number of ether oxygens (including phenoxy) is 4. The molecule has 1 aliphatic heterocycles. The average molecular weight is 476 g/mol. The second kappa shape index (κ2) is 11.6. The Morgan fingerprint density at radius 3 is 1.77 bits per heavy atom. The van der Waals surface area contributed by atoms with Crippen molar-refractivity contribution in [2.24, 2.45) is 4.99 Å². The van der Waals surface area contributed by atoms with E-state index in [0.717, 1.165) is 0 Å². The molecule has 9 nitrogen and oxygen atoms in total. The number of nitrogens with zero attached hydrogens (tertiary/aromatic N) is 1. The Balaban J connectivity index is 1.38. The number of para-hydroxylation sites is 3. The molecule has 9 heteroatoms. The summed E-state index contributed by atoms with van der Waals surface area (Å²) in [5, 5.41) is 5.29. The molecule has 0 bridgehead atoms. The van der Waals surface area contributed by atoms with Gasteiger partial charge >= 0.3 is 12.2 Å². The van der Waals surface area contributed by atoms with Crippen LogP contribution in [0, 0.1) is 0 Å². The first-order chi connectivity index (χ1) is 17.1. The van der Waals surface area contributed by atoms with Gasteiger partial charge in [-0.25, -0.2) is 14.6 Å². The van der Waals surface area contributed by atoms with Crippen LogP contribution < -0.4 is 15.4 Å². The number of rotatable bonds is 9. The van der Waals surface area contributed by atoms with Crippen molar-refractivity contribution in [2.75, 3.05) is 37.1 Å². The Bertz CT molecular complexity index is 1080. The zero-order valence-electron chi connectivity index (χ0n) is 18.9. The monoisotopic (exact) mass is 475 g/mol. The van der Waals surface area contributed by atoms with Crippen molar-refractivity contribution in [1.29, 1.82) is 0 Å². The normalized spacial score (nSPS) is 13.7. The molecule has 1 heterocycles. The standard InChI is InChI=1S/C26H25N3O6/c30-24(27-20-10-4-1-5-11-20)34-18-26(19-35-25(31)28-21-12-6-2-7-13-21)17-33-23(29-26)16-32-22-14-8-3-9-15-22/h1-15H,16-19H2,(H,27,30)(H,28,31). The fourth-order valence-corrected chi connectivity index (χ4v) is 3.22. The maximum Gasteiger partial charge on any atom is 0.411 e. The highest BCUT2D eigenvalue weighted by molar-refractivity contribution is 5.85. The van der Waals surface area contributed by atoms with E-state index in [1.54, 1.807) is 48.5 Å². The number of aliphatic imine (C=N–C) groups is 1. The van der Waals surface area contributed by atoms with E-state index in [0.29, 0.717) is 23.0 Å². The van der Waals surface area contributed by atoms with Crippen LogP contribution in [-0.2, 0) is 14.2 Å². The molecule has 0 saturated carbocycles. The maximum atomic E-state index is 12.3. The van der Waals surface area contributed by atoms with Gasteiger partial charge in [0.2, 0.25) is 5.90 Å². The fraction of sp³-hybridized carbons (Fsp3) is 0.192. The minimum absolute atomic E-state index is 0.0533. The number of amides is 2. The third kappa shape index (κ3) is 7.23. The van der Waals surface area contributed by atoms with Gasteiger partial charge in [-0.1, -0.05) is 54.6 Å². The first-order valence-electron chi connectivity index (χ1n) is 11.0. The van der Waals surface area contributed by atoms with Gasteiger partial charge in [0.1, 0.15) is 25.6 Å². The Labute approximate surface area is 202 Å². The lowest BCUT2D eigenvalue weighted by molar-refractivity contribution is 0.0677. The highest BCUT2D eigenvalue weighted by Gasteiger charge is 2.40. The van der Waals surface area contributed by atoms with Gasteiger partial charge in [0.05, 0.1) is 0 Å². The average Bonchev–Trinajstić information content (AvgIpc) is 3.31. The zero-order valence-corrected chi connectivity index (χ0v) is 18.9. The van der Waals surface area contributed by atoms with Crippen molar-refractivity contribution in [3.05, 3.63) is 91.0 Å². The molecular formula is C26H25N3O6. The highest BCUT2D eigenvalue weighted by Crippen LogP contribution is 2.22. The summed E-state index contributed by atoms with van der Waals surface area (Å²) in [6.07, 6.45) is -1.32. The van der Waals surface area contributed by atoms with Crippen molar-refractivity contribution >= 4 is 29.5 Å². The lowest BCUT2D eigenvalue weighted by Crippen LogP contribution is -2.42. The van der Waals surface area contributed by atoms with E-state index < -0.39 is 17.7 Å². The van der Waals surface area contributed by atoms with E-state index in [1.165, 1.54) is 0 Å². The summed E-state index contributed by atoms with van der Waals surface area (Å²) >= 11 is 0. The van der Waals surface area contributed by atoms with Gasteiger partial charge in [-0.3, -0.25) is 10.6 Å².